The summed E-state index contributed by atoms with van der Waals surface area (Å²) in [6.45, 7) is 3.80. The van der Waals surface area contributed by atoms with Crippen molar-refractivity contribution in [2.45, 2.75) is 75.4 Å². The van der Waals surface area contributed by atoms with Gasteiger partial charge in [-0.2, -0.15) is 0 Å². The number of rotatable bonds is 8. The van der Waals surface area contributed by atoms with Crippen molar-refractivity contribution in [1.82, 2.24) is 19.4 Å². The molecule has 1 amide bonds. The molecule has 7 rings (SSSR count). The summed E-state index contributed by atoms with van der Waals surface area (Å²) in [5.41, 5.74) is 2.55. The van der Waals surface area contributed by atoms with E-state index in [2.05, 4.69) is 39.3 Å². The molecule has 3 aliphatic heterocycles. The number of sulfonamides is 1. The Morgan fingerprint density at radius 3 is 2.40 bits per heavy atom. The summed E-state index contributed by atoms with van der Waals surface area (Å²) in [6, 6.07) is 18.7. The molecule has 3 aromatic carbocycles. The smallest absolute Gasteiger partial charge is 0.255 e. The molecule has 0 radical (unpaired) electrons. The van der Waals surface area contributed by atoms with E-state index in [0.29, 0.717) is 44.1 Å². The van der Waals surface area contributed by atoms with Gasteiger partial charge >= 0.3 is 0 Å². The first-order valence-electron chi connectivity index (χ1n) is 16.6. The molecule has 2 bridgehead atoms. The molecule has 3 aliphatic rings. The molecule has 48 heavy (non-hydrogen) atoms. The number of nitrogens with zero attached hydrogens (tertiary/aromatic N) is 4. The Kier molecular flexibility index (Phi) is 8.75. The molecule has 1 aromatic heterocycles. The first-order valence-corrected chi connectivity index (χ1v) is 18.9. The summed E-state index contributed by atoms with van der Waals surface area (Å²) >= 11 is 6.29. The minimum atomic E-state index is -3.77. The SMILES string of the molecule is Cc1nc2ccccc2n1C1CC2CCC(C1)N2CCC1(c2cccc(F)c2)CCN(C(=O)c2cc(NS(C)(=O)=O)c(F)cc2Cl)CC1. The van der Waals surface area contributed by atoms with Crippen molar-refractivity contribution in [3.05, 3.63) is 94.3 Å². The minimum Gasteiger partial charge on any atom is -0.339 e. The number of amides is 1. The lowest BCUT2D eigenvalue weighted by Gasteiger charge is -2.45. The first kappa shape index (κ1) is 33.0. The van der Waals surface area contributed by atoms with Crippen LogP contribution in [0.25, 0.3) is 11.0 Å². The standard InChI is InChI=1S/C36H40ClF2N5O3S/c1-23-40-32-8-3-4-9-34(32)44(23)28-19-26-10-11-27(20-28)43(26)17-14-36(24-6-5-7-25(38)18-24)12-15-42(16-13-36)35(45)29-21-33(41-48(2,46)47)31(39)22-30(29)37/h3-9,18,21-22,26-28,41H,10-17,19-20H2,1-2H3. The molecule has 2 atom stereocenters. The van der Waals surface area contributed by atoms with Crippen LogP contribution in [-0.2, 0) is 15.4 Å². The maximum atomic E-state index is 14.6. The molecular formula is C36H40ClF2N5O3S. The number of halogens is 3. The third-order valence-corrected chi connectivity index (χ3v) is 11.8. The van der Waals surface area contributed by atoms with Crippen LogP contribution in [0, 0.1) is 18.6 Å². The number of nitrogens with one attached hydrogen (secondary N) is 1. The van der Waals surface area contributed by atoms with E-state index >= 15 is 0 Å². The number of hydrogen-bond acceptors (Lipinski definition) is 5. The van der Waals surface area contributed by atoms with Crippen LogP contribution in [0.5, 0.6) is 0 Å². The van der Waals surface area contributed by atoms with Gasteiger partial charge in [0.15, 0.2) is 0 Å². The maximum Gasteiger partial charge on any atom is 0.255 e. The zero-order chi connectivity index (χ0) is 33.8. The Balaban J connectivity index is 1.08. The van der Waals surface area contributed by atoms with Crippen molar-refractivity contribution in [2.75, 3.05) is 30.6 Å². The largest absolute Gasteiger partial charge is 0.339 e. The molecule has 3 fully saturated rings. The quantitative estimate of drug-likeness (QED) is 0.213. The third kappa shape index (κ3) is 6.32. The summed E-state index contributed by atoms with van der Waals surface area (Å²) in [4.78, 5) is 22.8. The number of carbonyl (C=O) groups is 1. The van der Waals surface area contributed by atoms with Gasteiger partial charge < -0.3 is 9.47 Å². The highest BCUT2D eigenvalue weighted by Crippen LogP contribution is 2.45. The lowest BCUT2D eigenvalue weighted by Crippen LogP contribution is -2.49. The number of imidazole rings is 1. The average molecular weight is 696 g/mol. The summed E-state index contributed by atoms with van der Waals surface area (Å²) < 4.78 is 57.2. The van der Waals surface area contributed by atoms with Gasteiger partial charge in [0, 0.05) is 31.2 Å². The van der Waals surface area contributed by atoms with Gasteiger partial charge in [-0.15, -0.1) is 0 Å². The fourth-order valence-electron chi connectivity index (χ4n) is 8.59. The molecule has 12 heteroatoms. The number of aromatic nitrogens is 2. The van der Waals surface area contributed by atoms with Crippen LogP contribution < -0.4 is 4.72 Å². The highest BCUT2D eigenvalue weighted by molar-refractivity contribution is 7.92. The molecule has 4 heterocycles. The number of fused-ring (bicyclic) bond motifs is 3. The van der Waals surface area contributed by atoms with E-state index in [1.54, 1.807) is 17.0 Å². The Hall–Kier alpha value is -3.54. The van der Waals surface area contributed by atoms with Crippen LogP contribution in [0.3, 0.4) is 0 Å². The lowest BCUT2D eigenvalue weighted by molar-refractivity contribution is 0.0606. The van der Waals surface area contributed by atoms with Gasteiger partial charge in [0.1, 0.15) is 17.5 Å². The van der Waals surface area contributed by atoms with Crippen molar-refractivity contribution < 1.29 is 22.0 Å². The summed E-state index contributed by atoms with van der Waals surface area (Å²) in [7, 11) is -3.77. The van der Waals surface area contributed by atoms with E-state index < -0.39 is 21.7 Å². The Morgan fingerprint density at radius 1 is 1.00 bits per heavy atom. The summed E-state index contributed by atoms with van der Waals surface area (Å²) in [6.07, 6.45) is 7.47. The predicted molar refractivity (Wildman–Crippen MR) is 184 cm³/mol. The normalized spacial score (nSPS) is 22.7. The maximum absolute atomic E-state index is 14.6. The van der Waals surface area contributed by atoms with E-state index in [0.717, 1.165) is 73.9 Å². The van der Waals surface area contributed by atoms with Crippen molar-refractivity contribution in [2.24, 2.45) is 0 Å². The molecule has 8 nitrogen and oxygen atoms in total. The molecule has 1 N–H and O–H groups in total. The number of para-hydroxylation sites is 2. The number of piperidine rings is 2. The van der Waals surface area contributed by atoms with Gasteiger partial charge in [0.05, 0.1) is 33.6 Å². The topological polar surface area (TPSA) is 87.5 Å². The number of likely N-dealkylation sites (tertiary alicyclic amines) is 1. The first-order chi connectivity index (χ1) is 22.9. The van der Waals surface area contributed by atoms with Crippen LogP contribution in [0.2, 0.25) is 5.02 Å². The number of hydrogen-bond donors (Lipinski definition) is 1. The van der Waals surface area contributed by atoms with E-state index in [1.165, 1.54) is 11.6 Å². The number of aryl methyl sites for hydroxylation is 1. The van der Waals surface area contributed by atoms with Crippen LogP contribution in [0.1, 0.15) is 72.7 Å². The van der Waals surface area contributed by atoms with Gasteiger partial charge in [-0.3, -0.25) is 14.4 Å². The second-order valence-electron chi connectivity index (χ2n) is 13.8. The predicted octanol–water partition coefficient (Wildman–Crippen LogP) is 7.08. The Bertz CT molecular complexity index is 1960. The molecule has 0 saturated carbocycles. The van der Waals surface area contributed by atoms with Gasteiger partial charge in [-0.1, -0.05) is 35.9 Å². The van der Waals surface area contributed by atoms with E-state index in [-0.39, 0.29) is 27.5 Å². The molecule has 0 spiro atoms. The molecular weight excluding hydrogens is 656 g/mol. The molecule has 2 unspecified atom stereocenters. The minimum absolute atomic E-state index is 0.0304. The van der Waals surface area contributed by atoms with Crippen LogP contribution in [0.15, 0.2) is 60.7 Å². The number of benzene rings is 3. The third-order valence-electron chi connectivity index (χ3n) is 10.9. The highest BCUT2D eigenvalue weighted by Gasteiger charge is 2.44. The highest BCUT2D eigenvalue weighted by atomic mass is 35.5. The van der Waals surface area contributed by atoms with Crippen molar-refractivity contribution >= 4 is 44.3 Å². The molecule has 0 aliphatic carbocycles. The Labute approximate surface area is 285 Å². The fraction of sp³-hybridized carbons (Fsp3) is 0.444. The number of anilines is 1. The molecule has 3 saturated heterocycles. The zero-order valence-electron chi connectivity index (χ0n) is 27.1. The van der Waals surface area contributed by atoms with Crippen LogP contribution in [0.4, 0.5) is 14.5 Å². The van der Waals surface area contributed by atoms with E-state index in [9.17, 15) is 22.0 Å². The van der Waals surface area contributed by atoms with Crippen LogP contribution in [-0.4, -0.2) is 71.6 Å². The van der Waals surface area contributed by atoms with Crippen molar-refractivity contribution in [3.63, 3.8) is 0 Å². The van der Waals surface area contributed by atoms with E-state index in [1.807, 2.05) is 12.1 Å². The van der Waals surface area contributed by atoms with Crippen LogP contribution >= 0.6 is 11.6 Å². The summed E-state index contributed by atoms with van der Waals surface area (Å²) in [5, 5.41) is -0.0868. The Morgan fingerprint density at radius 2 is 1.71 bits per heavy atom. The number of carbonyl (C=O) groups excluding carboxylic acids is 1. The molecule has 254 valence electrons. The van der Waals surface area contributed by atoms with Gasteiger partial charge in [0.25, 0.3) is 5.91 Å². The van der Waals surface area contributed by atoms with Gasteiger partial charge in [-0.05, 0) is 106 Å². The molecule has 4 aromatic rings. The van der Waals surface area contributed by atoms with Gasteiger partial charge in [0.2, 0.25) is 10.0 Å². The zero-order valence-corrected chi connectivity index (χ0v) is 28.7. The van der Waals surface area contributed by atoms with E-state index in [4.69, 9.17) is 16.6 Å². The second kappa shape index (κ2) is 12.7. The van der Waals surface area contributed by atoms with Gasteiger partial charge in [-0.25, -0.2) is 22.2 Å². The fourth-order valence-corrected chi connectivity index (χ4v) is 9.38. The monoisotopic (exact) mass is 695 g/mol. The van der Waals surface area contributed by atoms with Crippen molar-refractivity contribution in [3.8, 4) is 0 Å². The summed E-state index contributed by atoms with van der Waals surface area (Å²) in [5.74, 6) is -0.479. The second-order valence-corrected chi connectivity index (χ2v) is 15.9. The average Bonchev–Trinajstić information content (AvgIpc) is 3.50. The van der Waals surface area contributed by atoms with Crippen molar-refractivity contribution in [1.29, 1.82) is 0 Å². The lowest BCUT2D eigenvalue weighted by atomic mass is 9.70.